The van der Waals surface area contributed by atoms with E-state index in [2.05, 4.69) is 5.32 Å². The van der Waals surface area contributed by atoms with Crippen molar-refractivity contribution in [2.24, 2.45) is 11.1 Å². The summed E-state index contributed by atoms with van der Waals surface area (Å²) in [5, 5.41) is 2.93. The summed E-state index contributed by atoms with van der Waals surface area (Å²) in [6.45, 7) is 8.55. The van der Waals surface area contributed by atoms with Crippen molar-refractivity contribution in [2.75, 3.05) is 11.9 Å². The molecular formula is C22H29ClN2O3. The van der Waals surface area contributed by atoms with Crippen LogP contribution < -0.4 is 15.8 Å². The van der Waals surface area contributed by atoms with Crippen LogP contribution in [-0.2, 0) is 9.53 Å². The molecule has 2 unspecified atom stereocenters. The fourth-order valence-corrected chi connectivity index (χ4v) is 3.48. The van der Waals surface area contributed by atoms with Crippen molar-refractivity contribution in [1.82, 2.24) is 0 Å². The lowest BCUT2D eigenvalue weighted by Crippen LogP contribution is -2.74. The van der Waals surface area contributed by atoms with Crippen LogP contribution in [0.5, 0.6) is 11.5 Å². The molecular weight excluding hydrogens is 376 g/mol. The molecule has 1 aliphatic rings. The SMILES string of the molecule is CCOC1CC(N)(C(=O)Nc2ccc(Oc3cccc(C)c3)cc2)C1(C)C.Cl. The Hall–Kier alpha value is -2.08. The van der Waals surface area contributed by atoms with Crippen molar-refractivity contribution in [3.8, 4) is 11.5 Å². The fraction of sp³-hybridized carbons (Fsp3) is 0.409. The second-order valence-electron chi connectivity index (χ2n) is 7.74. The zero-order valence-electron chi connectivity index (χ0n) is 16.8. The van der Waals surface area contributed by atoms with E-state index in [9.17, 15) is 4.79 Å². The van der Waals surface area contributed by atoms with Crippen LogP contribution in [-0.4, -0.2) is 24.2 Å². The van der Waals surface area contributed by atoms with Gasteiger partial charge < -0.3 is 20.5 Å². The van der Waals surface area contributed by atoms with Crippen LogP contribution in [0.25, 0.3) is 0 Å². The maximum Gasteiger partial charge on any atom is 0.245 e. The Bertz CT molecular complexity index is 823. The van der Waals surface area contributed by atoms with E-state index in [0.717, 1.165) is 11.3 Å². The van der Waals surface area contributed by atoms with Gasteiger partial charge in [0.05, 0.1) is 6.10 Å². The number of nitrogens with one attached hydrogen (secondary N) is 1. The Morgan fingerprint density at radius 3 is 2.43 bits per heavy atom. The van der Waals surface area contributed by atoms with Crippen LogP contribution in [0.1, 0.15) is 32.8 Å². The summed E-state index contributed by atoms with van der Waals surface area (Å²) in [5.74, 6) is 1.31. The van der Waals surface area contributed by atoms with E-state index >= 15 is 0 Å². The smallest absolute Gasteiger partial charge is 0.245 e. The van der Waals surface area contributed by atoms with Gasteiger partial charge in [0, 0.05) is 24.1 Å². The number of hydrogen-bond acceptors (Lipinski definition) is 4. The highest BCUT2D eigenvalue weighted by molar-refractivity contribution is 5.99. The fourth-order valence-electron chi connectivity index (χ4n) is 3.48. The molecule has 1 amide bonds. The third kappa shape index (κ3) is 4.17. The zero-order valence-corrected chi connectivity index (χ0v) is 17.6. The molecule has 3 N–H and O–H groups in total. The number of ether oxygens (including phenoxy) is 2. The molecule has 1 saturated carbocycles. The van der Waals surface area contributed by atoms with Crippen molar-refractivity contribution >= 4 is 24.0 Å². The van der Waals surface area contributed by atoms with Gasteiger partial charge in [-0.15, -0.1) is 12.4 Å². The highest BCUT2D eigenvalue weighted by atomic mass is 35.5. The predicted molar refractivity (Wildman–Crippen MR) is 114 cm³/mol. The van der Waals surface area contributed by atoms with Crippen LogP contribution >= 0.6 is 12.4 Å². The number of nitrogens with two attached hydrogens (primary N) is 1. The maximum absolute atomic E-state index is 12.8. The molecule has 0 spiro atoms. The van der Waals surface area contributed by atoms with Crippen LogP contribution in [0.4, 0.5) is 5.69 Å². The summed E-state index contributed by atoms with van der Waals surface area (Å²) in [7, 11) is 0. The quantitative estimate of drug-likeness (QED) is 0.733. The van der Waals surface area contributed by atoms with Crippen molar-refractivity contribution in [3.05, 3.63) is 54.1 Å². The molecule has 1 fully saturated rings. The first-order valence-corrected chi connectivity index (χ1v) is 9.33. The van der Waals surface area contributed by atoms with Crippen molar-refractivity contribution in [1.29, 1.82) is 0 Å². The van der Waals surface area contributed by atoms with Crippen molar-refractivity contribution < 1.29 is 14.3 Å². The topological polar surface area (TPSA) is 73.6 Å². The van der Waals surface area contributed by atoms with E-state index in [1.54, 1.807) is 0 Å². The summed E-state index contributed by atoms with van der Waals surface area (Å²) in [6, 6.07) is 15.2. The number of aryl methyl sites for hydroxylation is 1. The standard InChI is InChI=1S/C22H28N2O3.ClH/c1-5-26-19-14-22(23,21(19,3)4)20(25)24-16-9-11-17(12-10-16)27-18-8-6-7-15(2)13-18;/h6-13,19H,5,14,23H2,1-4H3,(H,24,25);1H. The average Bonchev–Trinajstić information content (AvgIpc) is 2.63. The third-order valence-electron chi connectivity index (χ3n) is 5.57. The predicted octanol–water partition coefficient (Wildman–Crippen LogP) is 4.68. The molecule has 5 nitrogen and oxygen atoms in total. The summed E-state index contributed by atoms with van der Waals surface area (Å²) in [5.41, 5.74) is 6.89. The van der Waals surface area contributed by atoms with Crippen LogP contribution in [0.2, 0.25) is 0 Å². The molecule has 28 heavy (non-hydrogen) atoms. The molecule has 2 aromatic carbocycles. The first kappa shape index (κ1) is 22.2. The molecule has 0 heterocycles. The molecule has 0 bridgehead atoms. The van der Waals surface area contributed by atoms with Crippen LogP contribution in [0.15, 0.2) is 48.5 Å². The lowest BCUT2D eigenvalue weighted by atomic mass is 9.54. The second-order valence-corrected chi connectivity index (χ2v) is 7.74. The molecule has 2 atom stereocenters. The normalized spacial score (nSPS) is 22.5. The summed E-state index contributed by atoms with van der Waals surface area (Å²) in [4.78, 5) is 12.8. The summed E-state index contributed by atoms with van der Waals surface area (Å²) < 4.78 is 11.5. The van der Waals surface area contributed by atoms with Crippen LogP contribution in [0.3, 0.4) is 0 Å². The number of hydrogen-bond donors (Lipinski definition) is 2. The minimum Gasteiger partial charge on any atom is -0.457 e. The monoisotopic (exact) mass is 404 g/mol. The van der Waals surface area contributed by atoms with Gasteiger partial charge in [0.15, 0.2) is 0 Å². The van der Waals surface area contributed by atoms with Gasteiger partial charge in [-0.2, -0.15) is 0 Å². The van der Waals surface area contributed by atoms with E-state index in [1.165, 1.54) is 0 Å². The van der Waals surface area contributed by atoms with Gasteiger partial charge in [-0.05, 0) is 55.8 Å². The van der Waals surface area contributed by atoms with Crippen molar-refractivity contribution in [3.63, 3.8) is 0 Å². The van der Waals surface area contributed by atoms with E-state index in [1.807, 2.05) is 76.2 Å². The largest absolute Gasteiger partial charge is 0.457 e. The molecule has 0 aromatic heterocycles. The molecule has 1 aliphatic carbocycles. The Morgan fingerprint density at radius 2 is 1.86 bits per heavy atom. The summed E-state index contributed by atoms with van der Waals surface area (Å²) >= 11 is 0. The minimum atomic E-state index is -0.941. The second kappa shape index (κ2) is 8.52. The Kier molecular flexibility index (Phi) is 6.75. The van der Waals surface area contributed by atoms with Gasteiger partial charge in [0.25, 0.3) is 0 Å². The van der Waals surface area contributed by atoms with E-state index in [0.29, 0.717) is 24.5 Å². The van der Waals surface area contributed by atoms with E-state index < -0.39 is 11.0 Å². The lowest BCUT2D eigenvalue weighted by Gasteiger charge is -2.57. The molecule has 152 valence electrons. The van der Waals surface area contributed by atoms with E-state index in [-0.39, 0.29) is 24.4 Å². The lowest BCUT2D eigenvalue weighted by molar-refractivity contribution is -0.166. The third-order valence-corrected chi connectivity index (χ3v) is 5.57. The molecule has 0 aliphatic heterocycles. The molecule has 0 saturated heterocycles. The Labute approximate surface area is 173 Å². The molecule has 6 heteroatoms. The first-order valence-electron chi connectivity index (χ1n) is 9.33. The number of carbonyl (C=O) groups is 1. The van der Waals surface area contributed by atoms with Gasteiger partial charge >= 0.3 is 0 Å². The summed E-state index contributed by atoms with van der Waals surface area (Å²) in [6.07, 6.45) is 0.525. The highest BCUT2D eigenvalue weighted by Crippen LogP contribution is 2.50. The first-order chi connectivity index (χ1) is 12.8. The van der Waals surface area contributed by atoms with Gasteiger partial charge in [-0.25, -0.2) is 0 Å². The number of halogens is 1. The minimum absolute atomic E-state index is 0. The van der Waals surface area contributed by atoms with Gasteiger partial charge in [-0.1, -0.05) is 26.0 Å². The van der Waals surface area contributed by atoms with Crippen LogP contribution in [0, 0.1) is 12.3 Å². The van der Waals surface area contributed by atoms with Crippen molar-refractivity contribution in [2.45, 2.75) is 45.8 Å². The molecule has 3 rings (SSSR count). The molecule has 0 radical (unpaired) electrons. The van der Waals surface area contributed by atoms with Gasteiger partial charge in [-0.3, -0.25) is 4.79 Å². The Morgan fingerprint density at radius 1 is 1.18 bits per heavy atom. The highest BCUT2D eigenvalue weighted by Gasteiger charge is 2.62. The Balaban J connectivity index is 0.00000280. The van der Waals surface area contributed by atoms with Gasteiger partial charge in [0.1, 0.15) is 17.0 Å². The number of amides is 1. The number of carbonyl (C=O) groups excluding carboxylic acids is 1. The van der Waals surface area contributed by atoms with E-state index in [4.69, 9.17) is 15.2 Å². The zero-order chi connectivity index (χ0) is 19.7. The number of rotatable bonds is 6. The molecule has 2 aromatic rings. The van der Waals surface area contributed by atoms with Gasteiger partial charge in [0.2, 0.25) is 5.91 Å². The number of anilines is 1. The average molecular weight is 405 g/mol. The number of benzene rings is 2. The maximum atomic E-state index is 12.8.